The summed E-state index contributed by atoms with van der Waals surface area (Å²) in [5.41, 5.74) is 0.709. The third-order valence-electron chi connectivity index (χ3n) is 1.51. The van der Waals surface area contributed by atoms with Crippen molar-refractivity contribution in [2.75, 3.05) is 0 Å². The molecule has 0 saturated heterocycles. The van der Waals surface area contributed by atoms with Gasteiger partial charge in [0.25, 0.3) is 0 Å². The molecule has 0 fully saturated rings. The van der Waals surface area contributed by atoms with Crippen LogP contribution in [0.4, 0.5) is 0 Å². The molecule has 12 heavy (non-hydrogen) atoms. The molecule has 0 aliphatic rings. The van der Waals surface area contributed by atoms with Crippen LogP contribution in [-0.4, -0.2) is 16.3 Å². The highest BCUT2D eigenvalue weighted by Gasteiger charge is 1.97. The molecule has 0 radical (unpaired) electrons. The molecular weight excluding hydrogens is 152 g/mol. The Hall–Kier alpha value is -1.02. The molecule has 0 unspecified atom stereocenters. The second-order valence-corrected chi connectivity index (χ2v) is 2.55. The number of phenolic OH excluding ortho intramolecular Hbond substituents is 1. The first kappa shape index (κ1) is 4.87. The fourth-order valence-corrected chi connectivity index (χ4v) is 0.880. The van der Waals surface area contributed by atoms with E-state index in [1.54, 1.807) is 12.1 Å². The molecule has 2 nitrogen and oxygen atoms in total. The fourth-order valence-electron chi connectivity index (χ4n) is 0.880. The summed E-state index contributed by atoms with van der Waals surface area (Å²) < 4.78 is 28.5. The van der Waals surface area contributed by atoms with Crippen molar-refractivity contribution < 1.29 is 15.7 Å². The highest BCUT2D eigenvalue weighted by atomic mass is 16.3. The van der Waals surface area contributed by atoms with Gasteiger partial charge in [-0.15, -0.1) is 0 Å². The molecular formula is C10H14O2. The van der Waals surface area contributed by atoms with E-state index in [2.05, 4.69) is 0 Å². The maximum Gasteiger partial charge on any atom is 0.115 e. The summed E-state index contributed by atoms with van der Waals surface area (Å²) in [6.45, 7) is -2.52. The summed E-state index contributed by atoms with van der Waals surface area (Å²) in [7, 11) is 0. The van der Waals surface area contributed by atoms with Gasteiger partial charge >= 0.3 is 0 Å². The summed E-state index contributed by atoms with van der Waals surface area (Å²) in [4.78, 5) is 0. The first-order valence-electron chi connectivity index (χ1n) is 5.76. The van der Waals surface area contributed by atoms with Gasteiger partial charge in [0.05, 0.1) is 6.10 Å². The number of phenols is 1. The average Bonchev–Trinajstić information content (AvgIpc) is 2.19. The Morgan fingerprint density at radius 2 is 2.17 bits per heavy atom. The van der Waals surface area contributed by atoms with Gasteiger partial charge in [-0.25, -0.2) is 0 Å². The van der Waals surface area contributed by atoms with Crippen LogP contribution < -0.4 is 0 Å². The molecule has 0 heterocycles. The van der Waals surface area contributed by atoms with Crippen LogP contribution >= 0.6 is 0 Å². The van der Waals surface area contributed by atoms with Gasteiger partial charge < -0.3 is 10.2 Å². The minimum absolute atomic E-state index is 0.113. The first-order valence-corrected chi connectivity index (χ1v) is 3.69. The van der Waals surface area contributed by atoms with Crippen LogP contribution in [0.15, 0.2) is 24.3 Å². The lowest BCUT2D eigenvalue weighted by Crippen LogP contribution is -2.00. The van der Waals surface area contributed by atoms with Crippen molar-refractivity contribution in [1.82, 2.24) is 0 Å². The standard InChI is InChI=1S/C10H14O2/c1-8(11)2-3-9-4-6-10(12)7-5-9/h4-8,11-12H,2-3H2,1H3/t8-/m1/s1/i1D3,2D/t2-,8-. The molecule has 0 aliphatic carbocycles. The van der Waals surface area contributed by atoms with E-state index >= 15 is 0 Å². The van der Waals surface area contributed by atoms with E-state index in [0.717, 1.165) is 0 Å². The maximum absolute atomic E-state index is 9.37. The van der Waals surface area contributed by atoms with Gasteiger partial charge in [-0.3, -0.25) is 0 Å². The molecule has 66 valence electrons. The number of aryl methyl sites for hydroxylation is 1. The zero-order valence-electron chi connectivity index (χ0n) is 10.6. The molecule has 2 heteroatoms. The Morgan fingerprint density at radius 3 is 2.75 bits per heavy atom. The second kappa shape index (κ2) is 4.12. The molecule has 2 atom stereocenters. The van der Waals surface area contributed by atoms with Gasteiger partial charge in [0.15, 0.2) is 0 Å². The van der Waals surface area contributed by atoms with Crippen molar-refractivity contribution in [3.05, 3.63) is 29.8 Å². The SMILES string of the molecule is [2H][C@H](Cc1ccc(O)cc1)[C@H](O)C([2H])([2H])[2H]. The van der Waals surface area contributed by atoms with E-state index in [1.807, 2.05) is 0 Å². The Balaban J connectivity index is 2.64. The first-order chi connectivity index (χ1) is 7.30. The van der Waals surface area contributed by atoms with E-state index in [1.165, 1.54) is 12.1 Å². The lowest BCUT2D eigenvalue weighted by molar-refractivity contribution is 0.185. The predicted octanol–water partition coefficient (Wildman–Crippen LogP) is 1.71. The Bertz CT molecular complexity index is 334. The third-order valence-corrected chi connectivity index (χ3v) is 1.51. The molecule has 1 aromatic carbocycles. The predicted molar refractivity (Wildman–Crippen MR) is 48.1 cm³/mol. The number of rotatable bonds is 3. The lowest BCUT2D eigenvalue weighted by atomic mass is 10.1. The molecule has 0 spiro atoms. The van der Waals surface area contributed by atoms with Crippen molar-refractivity contribution in [2.45, 2.75) is 25.8 Å². The zero-order valence-corrected chi connectivity index (χ0v) is 6.57. The Labute approximate surface area is 78.1 Å². The van der Waals surface area contributed by atoms with Gasteiger partial charge in [-0.05, 0) is 37.4 Å². The molecule has 0 bridgehead atoms. The highest BCUT2D eigenvalue weighted by molar-refractivity contribution is 5.25. The van der Waals surface area contributed by atoms with E-state index < -0.39 is 19.4 Å². The monoisotopic (exact) mass is 170 g/mol. The minimum atomic E-state index is -2.52. The second-order valence-electron chi connectivity index (χ2n) is 2.55. The quantitative estimate of drug-likeness (QED) is 0.725. The number of aliphatic hydroxyl groups excluding tert-OH is 1. The summed E-state index contributed by atoms with van der Waals surface area (Å²) in [5.74, 6) is 0.113. The van der Waals surface area contributed by atoms with Crippen LogP contribution in [0.25, 0.3) is 0 Å². The van der Waals surface area contributed by atoms with Gasteiger partial charge in [0, 0.05) is 5.48 Å². The van der Waals surface area contributed by atoms with E-state index in [4.69, 9.17) is 10.6 Å². The van der Waals surface area contributed by atoms with Gasteiger partial charge in [0.1, 0.15) is 5.75 Å². The summed E-state index contributed by atoms with van der Waals surface area (Å²) >= 11 is 0. The highest BCUT2D eigenvalue weighted by Crippen LogP contribution is 2.11. The zero-order chi connectivity index (χ0) is 12.3. The summed E-state index contributed by atoms with van der Waals surface area (Å²) in [6.07, 6.45) is -2.61. The van der Waals surface area contributed by atoms with Crippen LogP contribution in [0.3, 0.4) is 0 Å². The average molecular weight is 170 g/mol. The smallest absolute Gasteiger partial charge is 0.115 e. The lowest BCUT2D eigenvalue weighted by Gasteiger charge is -2.03. The van der Waals surface area contributed by atoms with Crippen LogP contribution in [0, 0.1) is 0 Å². The number of aliphatic hydroxyl groups is 1. The number of hydrogen-bond donors (Lipinski definition) is 2. The largest absolute Gasteiger partial charge is 0.508 e. The van der Waals surface area contributed by atoms with Crippen LogP contribution in [-0.2, 0) is 6.42 Å². The Kier molecular flexibility index (Phi) is 1.67. The molecule has 1 aromatic rings. The van der Waals surface area contributed by atoms with Gasteiger partial charge in [-0.2, -0.15) is 0 Å². The van der Waals surface area contributed by atoms with E-state index in [0.29, 0.717) is 5.56 Å². The van der Waals surface area contributed by atoms with Crippen molar-refractivity contribution in [1.29, 1.82) is 0 Å². The van der Waals surface area contributed by atoms with Crippen molar-refractivity contribution >= 4 is 0 Å². The molecule has 0 saturated carbocycles. The van der Waals surface area contributed by atoms with E-state index in [-0.39, 0.29) is 12.2 Å². The molecule has 2 N–H and O–H groups in total. The fraction of sp³-hybridized carbons (Fsp3) is 0.400. The summed E-state index contributed by atoms with van der Waals surface area (Å²) in [5, 5.41) is 18.4. The Morgan fingerprint density at radius 1 is 1.50 bits per heavy atom. The van der Waals surface area contributed by atoms with Crippen molar-refractivity contribution in [3.63, 3.8) is 0 Å². The van der Waals surface area contributed by atoms with E-state index in [9.17, 15) is 5.11 Å². The number of benzene rings is 1. The minimum Gasteiger partial charge on any atom is -0.508 e. The molecule has 0 aromatic heterocycles. The van der Waals surface area contributed by atoms with Crippen molar-refractivity contribution in [3.8, 4) is 5.75 Å². The van der Waals surface area contributed by atoms with Gasteiger partial charge in [-0.1, -0.05) is 12.1 Å². The molecule has 1 rings (SSSR count). The van der Waals surface area contributed by atoms with Crippen LogP contribution in [0.1, 0.15) is 24.3 Å². The van der Waals surface area contributed by atoms with Gasteiger partial charge in [0.2, 0.25) is 0 Å². The van der Waals surface area contributed by atoms with Crippen LogP contribution in [0.5, 0.6) is 5.75 Å². The summed E-state index contributed by atoms with van der Waals surface area (Å²) in [6, 6.07) is 6.12. The maximum atomic E-state index is 9.37. The van der Waals surface area contributed by atoms with Crippen LogP contribution in [0.2, 0.25) is 0 Å². The topological polar surface area (TPSA) is 40.5 Å². The number of aromatic hydroxyl groups is 1. The normalized spacial score (nSPS) is 21.4. The molecule has 0 amide bonds. The van der Waals surface area contributed by atoms with Crippen molar-refractivity contribution in [2.24, 2.45) is 0 Å². The molecule has 0 aliphatic heterocycles. The third kappa shape index (κ3) is 2.93. The number of hydrogen-bond acceptors (Lipinski definition) is 2.